The molecule has 21 heavy (non-hydrogen) atoms. The van der Waals surface area contributed by atoms with E-state index in [1.165, 1.54) is 16.2 Å². The highest BCUT2D eigenvalue weighted by Crippen LogP contribution is 2.37. The summed E-state index contributed by atoms with van der Waals surface area (Å²) >= 11 is 1.50. The summed E-state index contributed by atoms with van der Waals surface area (Å²) in [7, 11) is 0. The van der Waals surface area contributed by atoms with Gasteiger partial charge >= 0.3 is 0 Å². The van der Waals surface area contributed by atoms with Crippen LogP contribution in [0, 0.1) is 0 Å². The van der Waals surface area contributed by atoms with Gasteiger partial charge in [-0.25, -0.2) is 0 Å². The van der Waals surface area contributed by atoms with Gasteiger partial charge in [-0.05, 0) is 44.6 Å². The number of fused-ring (bicyclic) bond motifs is 1. The largest absolute Gasteiger partial charge is 0.365 e. The van der Waals surface area contributed by atoms with E-state index in [0.717, 1.165) is 37.7 Å². The van der Waals surface area contributed by atoms with Crippen LogP contribution in [0.15, 0.2) is 0 Å². The van der Waals surface area contributed by atoms with Crippen LogP contribution in [0.1, 0.15) is 53.9 Å². The fraction of sp³-hybridized carbons (Fsp3) is 0.600. The van der Waals surface area contributed by atoms with Gasteiger partial charge in [0.1, 0.15) is 5.00 Å². The number of carbonyl (C=O) groups excluding carboxylic acids is 2. The highest BCUT2D eigenvalue weighted by molar-refractivity contribution is 7.17. The molecule has 0 saturated carbocycles. The molecule has 1 aliphatic carbocycles. The van der Waals surface area contributed by atoms with Gasteiger partial charge in [0.15, 0.2) is 0 Å². The van der Waals surface area contributed by atoms with E-state index in [9.17, 15) is 9.59 Å². The van der Waals surface area contributed by atoms with Crippen molar-refractivity contribution in [1.82, 2.24) is 5.32 Å². The number of thiophene rings is 1. The second-order valence-corrected chi connectivity index (χ2v) is 6.62. The minimum absolute atomic E-state index is 0.128. The Morgan fingerprint density at radius 1 is 1.33 bits per heavy atom. The number of anilines is 1. The minimum atomic E-state index is -0.445. The van der Waals surface area contributed by atoms with Gasteiger partial charge in [0.25, 0.3) is 5.91 Å². The number of carbonyl (C=O) groups is 2. The highest BCUT2D eigenvalue weighted by atomic mass is 32.1. The van der Waals surface area contributed by atoms with Crippen molar-refractivity contribution in [2.75, 3.05) is 11.9 Å². The van der Waals surface area contributed by atoms with Gasteiger partial charge in [0.05, 0.1) is 12.1 Å². The zero-order chi connectivity index (χ0) is 15.4. The lowest BCUT2D eigenvalue weighted by Crippen LogP contribution is -2.34. The van der Waals surface area contributed by atoms with Crippen molar-refractivity contribution in [2.45, 2.75) is 52.0 Å². The number of hydrogen-bond donors (Lipinski definition) is 3. The third kappa shape index (κ3) is 3.83. The Hall–Kier alpha value is -1.40. The van der Waals surface area contributed by atoms with Crippen LogP contribution in [0.5, 0.6) is 0 Å². The summed E-state index contributed by atoms with van der Waals surface area (Å²) in [5, 5.41) is 6.60. The first-order chi connectivity index (χ1) is 10.0. The second-order valence-electron chi connectivity index (χ2n) is 5.52. The zero-order valence-corrected chi connectivity index (χ0v) is 13.4. The molecule has 1 aliphatic rings. The topological polar surface area (TPSA) is 84.2 Å². The Balaban J connectivity index is 2.10. The van der Waals surface area contributed by atoms with E-state index in [0.29, 0.717) is 16.6 Å². The molecule has 1 aromatic heterocycles. The number of primary amides is 1. The quantitative estimate of drug-likeness (QED) is 0.752. The molecule has 0 spiro atoms. The number of rotatable bonds is 6. The first kappa shape index (κ1) is 16.0. The summed E-state index contributed by atoms with van der Waals surface area (Å²) in [6.07, 6.45) is 5.03. The lowest BCUT2D eigenvalue weighted by molar-refractivity contribution is -0.115. The molecule has 0 radical (unpaired) electrons. The van der Waals surface area contributed by atoms with Gasteiger partial charge in [-0.15, -0.1) is 11.3 Å². The number of amides is 2. The van der Waals surface area contributed by atoms with Crippen LogP contribution in [-0.2, 0) is 17.6 Å². The second kappa shape index (κ2) is 7.04. The van der Waals surface area contributed by atoms with Crippen molar-refractivity contribution < 1.29 is 9.59 Å². The standard InChI is InChI=1S/C15H23N3O2S/c1-3-9(2)17-8-12(19)18-15-13(14(16)20)10-6-4-5-7-11(10)21-15/h9,17H,3-8H2,1-2H3,(H2,16,20)(H,18,19)/t9-/m1/s1. The van der Waals surface area contributed by atoms with Gasteiger partial charge in [-0.3, -0.25) is 9.59 Å². The van der Waals surface area contributed by atoms with Gasteiger partial charge in [-0.1, -0.05) is 6.92 Å². The Morgan fingerprint density at radius 2 is 2.05 bits per heavy atom. The molecule has 0 aromatic carbocycles. The molecule has 2 rings (SSSR count). The van der Waals surface area contributed by atoms with Crippen molar-refractivity contribution in [3.05, 3.63) is 16.0 Å². The maximum Gasteiger partial charge on any atom is 0.251 e. The molecule has 0 saturated heterocycles. The molecular formula is C15H23N3O2S. The van der Waals surface area contributed by atoms with Gasteiger partial charge in [0.2, 0.25) is 5.91 Å². The Morgan fingerprint density at radius 3 is 2.71 bits per heavy atom. The van der Waals surface area contributed by atoms with Gasteiger partial charge in [-0.2, -0.15) is 0 Å². The normalized spacial score (nSPS) is 15.3. The Bertz CT molecular complexity index is 539. The Labute approximate surface area is 129 Å². The molecule has 1 aromatic rings. The third-order valence-electron chi connectivity index (χ3n) is 3.89. The lowest BCUT2D eigenvalue weighted by atomic mass is 9.95. The van der Waals surface area contributed by atoms with Crippen LogP contribution in [0.4, 0.5) is 5.00 Å². The minimum Gasteiger partial charge on any atom is -0.365 e. The summed E-state index contributed by atoms with van der Waals surface area (Å²) in [5.74, 6) is -0.573. The fourth-order valence-corrected chi connectivity index (χ4v) is 3.81. The Kier molecular flexibility index (Phi) is 5.36. The number of hydrogen-bond acceptors (Lipinski definition) is 4. The molecule has 2 amide bonds. The molecule has 1 atom stereocenters. The van der Waals surface area contributed by atoms with E-state index >= 15 is 0 Å². The molecule has 0 fully saturated rings. The van der Waals surface area contributed by atoms with Crippen molar-refractivity contribution in [3.63, 3.8) is 0 Å². The first-order valence-electron chi connectivity index (χ1n) is 7.50. The van der Waals surface area contributed by atoms with Crippen molar-refractivity contribution in [3.8, 4) is 0 Å². The van der Waals surface area contributed by atoms with Crippen molar-refractivity contribution in [2.24, 2.45) is 5.73 Å². The predicted octanol–water partition coefficient (Wildman–Crippen LogP) is 2.05. The first-order valence-corrected chi connectivity index (χ1v) is 8.32. The van der Waals surface area contributed by atoms with Crippen LogP contribution >= 0.6 is 11.3 Å². The van der Waals surface area contributed by atoms with Crippen molar-refractivity contribution in [1.29, 1.82) is 0 Å². The number of nitrogens with one attached hydrogen (secondary N) is 2. The zero-order valence-electron chi connectivity index (χ0n) is 12.6. The molecule has 0 bridgehead atoms. The monoisotopic (exact) mass is 309 g/mol. The smallest absolute Gasteiger partial charge is 0.251 e. The summed E-state index contributed by atoms with van der Waals surface area (Å²) in [6.45, 7) is 4.34. The molecule has 4 N–H and O–H groups in total. The molecule has 1 heterocycles. The molecule has 0 aliphatic heterocycles. The van der Waals surface area contributed by atoms with Crippen molar-refractivity contribution >= 4 is 28.2 Å². The summed E-state index contributed by atoms with van der Waals surface area (Å²) in [4.78, 5) is 24.9. The maximum absolute atomic E-state index is 12.0. The SMILES string of the molecule is CC[C@@H](C)NCC(=O)Nc1sc2c(c1C(N)=O)CCCC2. The molecule has 0 unspecified atom stereocenters. The summed E-state index contributed by atoms with van der Waals surface area (Å²) < 4.78 is 0. The van der Waals surface area contributed by atoms with Crippen LogP contribution in [-0.4, -0.2) is 24.4 Å². The van der Waals surface area contributed by atoms with E-state index in [1.54, 1.807) is 0 Å². The van der Waals surface area contributed by atoms with E-state index in [-0.39, 0.29) is 12.5 Å². The van der Waals surface area contributed by atoms with Crippen LogP contribution in [0.25, 0.3) is 0 Å². The van der Waals surface area contributed by atoms with Crippen LogP contribution in [0.2, 0.25) is 0 Å². The van der Waals surface area contributed by atoms with E-state index in [1.807, 2.05) is 6.92 Å². The highest BCUT2D eigenvalue weighted by Gasteiger charge is 2.24. The average Bonchev–Trinajstić information content (AvgIpc) is 2.82. The maximum atomic E-state index is 12.0. The van der Waals surface area contributed by atoms with Gasteiger partial charge < -0.3 is 16.4 Å². The molecule has 116 valence electrons. The molecule has 5 nitrogen and oxygen atoms in total. The molecular weight excluding hydrogens is 286 g/mol. The third-order valence-corrected chi connectivity index (χ3v) is 5.10. The lowest BCUT2D eigenvalue weighted by Gasteiger charge is -2.12. The number of aryl methyl sites for hydroxylation is 1. The fourth-order valence-electron chi connectivity index (χ4n) is 2.50. The van der Waals surface area contributed by atoms with E-state index in [4.69, 9.17) is 5.73 Å². The number of nitrogens with two attached hydrogens (primary N) is 1. The average molecular weight is 309 g/mol. The van der Waals surface area contributed by atoms with Crippen LogP contribution < -0.4 is 16.4 Å². The van der Waals surface area contributed by atoms with E-state index in [2.05, 4.69) is 17.6 Å². The summed E-state index contributed by atoms with van der Waals surface area (Å²) in [5.41, 5.74) is 7.07. The molecule has 6 heteroatoms. The van der Waals surface area contributed by atoms with Crippen LogP contribution in [0.3, 0.4) is 0 Å². The van der Waals surface area contributed by atoms with Gasteiger partial charge in [0, 0.05) is 10.9 Å². The predicted molar refractivity (Wildman–Crippen MR) is 85.9 cm³/mol. The van der Waals surface area contributed by atoms with E-state index < -0.39 is 5.91 Å². The summed E-state index contributed by atoms with van der Waals surface area (Å²) in [6, 6.07) is 0.294.